The fraction of sp³-hybridized carbons (Fsp3) is 0.269. The Labute approximate surface area is 226 Å². The molecule has 1 atom stereocenters. The van der Waals surface area contributed by atoms with Crippen molar-refractivity contribution in [1.82, 2.24) is 24.3 Å². The lowest BCUT2D eigenvalue weighted by atomic mass is 10.1. The van der Waals surface area contributed by atoms with Crippen LogP contribution in [0.25, 0.3) is 5.65 Å². The molecule has 1 aliphatic heterocycles. The Bertz CT molecular complexity index is 1570. The van der Waals surface area contributed by atoms with Gasteiger partial charge >= 0.3 is 5.51 Å². The Balaban J connectivity index is 1.39. The van der Waals surface area contributed by atoms with Crippen LogP contribution in [0.5, 0.6) is 5.75 Å². The molecule has 9 nitrogen and oxygen atoms in total. The molecule has 13 heteroatoms. The maximum atomic E-state index is 13.5. The van der Waals surface area contributed by atoms with E-state index in [1.54, 1.807) is 42.9 Å². The number of ether oxygens (including phenoxy) is 1. The van der Waals surface area contributed by atoms with Crippen molar-refractivity contribution in [3.63, 3.8) is 0 Å². The molecule has 0 bridgehead atoms. The molecule has 4 aromatic rings. The van der Waals surface area contributed by atoms with E-state index in [4.69, 9.17) is 4.74 Å². The van der Waals surface area contributed by atoms with Crippen LogP contribution in [0.3, 0.4) is 0 Å². The summed E-state index contributed by atoms with van der Waals surface area (Å²) in [5.74, 6) is 5.83. The van der Waals surface area contributed by atoms with Crippen molar-refractivity contribution in [3.8, 4) is 17.6 Å². The van der Waals surface area contributed by atoms with Crippen molar-refractivity contribution in [2.24, 2.45) is 0 Å². The molecule has 0 fully saturated rings. The van der Waals surface area contributed by atoms with Crippen LogP contribution in [0.2, 0.25) is 0 Å². The topological polar surface area (TPSA) is 97.5 Å². The number of carbonyl (C=O) groups is 1. The first-order chi connectivity index (χ1) is 18.8. The second-order valence-electron chi connectivity index (χ2n) is 8.66. The van der Waals surface area contributed by atoms with Gasteiger partial charge in [0.25, 0.3) is 5.91 Å². The van der Waals surface area contributed by atoms with Crippen molar-refractivity contribution < 1.29 is 22.7 Å². The van der Waals surface area contributed by atoms with Gasteiger partial charge in [0, 0.05) is 61.5 Å². The predicted octanol–water partition coefficient (Wildman–Crippen LogP) is 4.01. The number of amides is 1. The van der Waals surface area contributed by atoms with Crippen LogP contribution in [-0.4, -0.2) is 57.1 Å². The van der Waals surface area contributed by atoms with Gasteiger partial charge in [-0.2, -0.15) is 13.2 Å². The third kappa shape index (κ3) is 5.75. The van der Waals surface area contributed by atoms with Crippen molar-refractivity contribution >= 4 is 34.7 Å². The number of imidazole rings is 2. The molecule has 0 saturated heterocycles. The highest BCUT2D eigenvalue weighted by Crippen LogP contribution is 2.39. The van der Waals surface area contributed by atoms with Crippen LogP contribution >= 0.6 is 11.8 Å². The van der Waals surface area contributed by atoms with Crippen molar-refractivity contribution in [2.45, 2.75) is 29.5 Å². The third-order valence-electron chi connectivity index (χ3n) is 6.11. The highest BCUT2D eigenvalue weighted by Gasteiger charge is 2.33. The maximum absolute atomic E-state index is 13.5. The van der Waals surface area contributed by atoms with Gasteiger partial charge in [0.2, 0.25) is 0 Å². The number of methoxy groups -OCH3 is 1. The molecule has 0 aliphatic carbocycles. The van der Waals surface area contributed by atoms with Crippen LogP contribution < -0.4 is 20.7 Å². The first-order valence-electron chi connectivity index (χ1n) is 11.9. The summed E-state index contributed by atoms with van der Waals surface area (Å²) in [6.07, 6.45) is 5.87. The molecule has 1 aromatic carbocycles. The molecule has 4 heterocycles. The van der Waals surface area contributed by atoms with Crippen LogP contribution in [0.4, 0.5) is 24.5 Å². The van der Waals surface area contributed by atoms with Gasteiger partial charge < -0.3 is 25.3 Å². The lowest BCUT2D eigenvalue weighted by Crippen LogP contribution is -2.21. The van der Waals surface area contributed by atoms with E-state index in [0.29, 0.717) is 34.9 Å². The molecule has 3 N–H and O–H groups in total. The second kappa shape index (κ2) is 10.8. The van der Waals surface area contributed by atoms with Crippen molar-refractivity contribution in [2.75, 3.05) is 31.3 Å². The lowest BCUT2D eigenvalue weighted by Gasteiger charge is -2.14. The summed E-state index contributed by atoms with van der Waals surface area (Å²) in [6, 6.07) is 8.43. The van der Waals surface area contributed by atoms with Gasteiger partial charge in [-0.05, 0) is 36.3 Å². The number of thioether (sulfide) groups is 1. The molecule has 3 aromatic heterocycles. The lowest BCUT2D eigenvalue weighted by molar-refractivity contribution is -0.0330. The first-order valence-corrected chi connectivity index (χ1v) is 12.7. The summed E-state index contributed by atoms with van der Waals surface area (Å²) < 4.78 is 49.2. The number of nitrogens with one attached hydrogen (secondary N) is 3. The minimum absolute atomic E-state index is 0.0252. The van der Waals surface area contributed by atoms with Crippen LogP contribution in [0.1, 0.15) is 21.7 Å². The highest BCUT2D eigenvalue weighted by molar-refractivity contribution is 8.00. The van der Waals surface area contributed by atoms with Gasteiger partial charge in [0.15, 0.2) is 5.65 Å². The molecule has 1 aliphatic rings. The maximum Gasteiger partial charge on any atom is 0.447 e. The Morgan fingerprint density at radius 1 is 1.28 bits per heavy atom. The average molecular weight is 556 g/mol. The third-order valence-corrected chi connectivity index (χ3v) is 6.93. The minimum atomic E-state index is -4.52. The normalized spacial score (nSPS) is 14.4. The number of benzene rings is 1. The molecule has 0 radical (unpaired) electrons. The van der Waals surface area contributed by atoms with E-state index < -0.39 is 5.51 Å². The molecule has 5 rings (SSSR count). The minimum Gasteiger partial charge on any atom is -0.495 e. The summed E-state index contributed by atoms with van der Waals surface area (Å²) in [7, 11) is 3.01. The van der Waals surface area contributed by atoms with E-state index in [1.807, 2.05) is 10.8 Å². The first kappa shape index (κ1) is 26.3. The van der Waals surface area contributed by atoms with Crippen molar-refractivity contribution in [1.29, 1.82) is 0 Å². The van der Waals surface area contributed by atoms with E-state index in [-0.39, 0.29) is 41.0 Å². The Hall–Kier alpha value is -4.31. The van der Waals surface area contributed by atoms with Gasteiger partial charge in [0.1, 0.15) is 16.5 Å². The smallest absolute Gasteiger partial charge is 0.447 e. The largest absolute Gasteiger partial charge is 0.495 e. The van der Waals surface area contributed by atoms with Crippen LogP contribution in [0.15, 0.2) is 54.1 Å². The van der Waals surface area contributed by atoms with Gasteiger partial charge in [-0.1, -0.05) is 5.92 Å². The molecule has 0 saturated carbocycles. The summed E-state index contributed by atoms with van der Waals surface area (Å²) in [5.41, 5.74) is -1.40. The molecule has 0 unspecified atom stereocenters. The number of rotatable bonds is 7. The highest BCUT2D eigenvalue weighted by atomic mass is 32.2. The number of anilines is 2. The zero-order valence-corrected chi connectivity index (χ0v) is 21.8. The van der Waals surface area contributed by atoms with Gasteiger partial charge in [0.05, 0.1) is 31.4 Å². The summed E-state index contributed by atoms with van der Waals surface area (Å²) in [6.45, 7) is 0.812. The number of hydrogen-bond donors (Lipinski definition) is 3. The molecular formula is C26H24F3N7O2S. The molecular weight excluding hydrogens is 531 g/mol. The number of halogens is 3. The number of aromatic nitrogens is 4. The van der Waals surface area contributed by atoms with Crippen LogP contribution in [0, 0.1) is 11.8 Å². The summed E-state index contributed by atoms with van der Waals surface area (Å²) in [5, 5.41) is 8.92. The van der Waals surface area contributed by atoms with E-state index in [1.165, 1.54) is 18.6 Å². The standard InChI is InChI=1S/C26H24F3N7O2S/c1-30-24(37)16-7-8-19(22(11-16)38-2)32-9-3-5-21-25(39-26(27,28)29)36-10-4-6-20(23(36)34-21)33-17-12-18-13-31-15-35(18)14-17/h4,6-8,10-11,13,15,17,32-33H,9,12,14H2,1-2H3,(H,30,37)/t17-/m1/s1. The monoisotopic (exact) mass is 555 g/mol. The SMILES string of the molecule is CNC(=O)c1ccc(NCC#Cc2nc3c(N[C@@H]4Cc5cncn5C4)cccn3c2SC(F)(F)F)c(OC)c1. The molecule has 1 amide bonds. The fourth-order valence-electron chi connectivity index (χ4n) is 4.39. The predicted molar refractivity (Wildman–Crippen MR) is 142 cm³/mol. The quantitative estimate of drug-likeness (QED) is 0.234. The number of pyridine rings is 1. The van der Waals surface area contributed by atoms with Crippen LogP contribution in [-0.2, 0) is 13.0 Å². The van der Waals surface area contributed by atoms with Crippen molar-refractivity contribution in [3.05, 3.63) is 66.0 Å². The molecule has 39 heavy (non-hydrogen) atoms. The van der Waals surface area contributed by atoms with E-state index >= 15 is 0 Å². The summed E-state index contributed by atoms with van der Waals surface area (Å²) >= 11 is -0.247. The zero-order valence-electron chi connectivity index (χ0n) is 21.0. The second-order valence-corrected chi connectivity index (χ2v) is 9.71. The Morgan fingerprint density at radius 2 is 2.13 bits per heavy atom. The van der Waals surface area contributed by atoms with Gasteiger partial charge in [-0.3, -0.25) is 9.20 Å². The molecule has 202 valence electrons. The van der Waals surface area contributed by atoms with E-state index in [0.717, 1.165) is 12.1 Å². The number of carbonyl (C=O) groups excluding carboxylic acids is 1. The van der Waals surface area contributed by atoms with Gasteiger partial charge in [-0.25, -0.2) is 9.97 Å². The average Bonchev–Trinajstić information content (AvgIpc) is 3.60. The fourth-order valence-corrected chi connectivity index (χ4v) is 5.05. The van der Waals surface area contributed by atoms with Gasteiger partial charge in [-0.15, -0.1) is 0 Å². The number of hydrogen-bond acceptors (Lipinski definition) is 7. The Morgan fingerprint density at radius 3 is 2.87 bits per heavy atom. The zero-order chi connectivity index (χ0) is 27.6. The molecule has 0 spiro atoms. The summed E-state index contributed by atoms with van der Waals surface area (Å²) in [4.78, 5) is 20.5. The Kier molecular flexibility index (Phi) is 7.30. The van der Waals surface area contributed by atoms with E-state index in [2.05, 4.69) is 37.8 Å². The van der Waals surface area contributed by atoms with E-state index in [9.17, 15) is 18.0 Å². The number of fused-ring (bicyclic) bond motifs is 2. The number of alkyl halides is 3. The number of nitrogens with zero attached hydrogens (tertiary/aromatic N) is 4.